The highest BCUT2D eigenvalue weighted by Gasteiger charge is 2.16. The first-order valence-corrected chi connectivity index (χ1v) is 7.40. The molecule has 3 nitrogen and oxygen atoms in total. The molecule has 0 fully saturated rings. The van der Waals surface area contributed by atoms with E-state index in [9.17, 15) is 0 Å². The second kappa shape index (κ2) is 5.61. The van der Waals surface area contributed by atoms with E-state index in [1.165, 1.54) is 35.2 Å². The van der Waals surface area contributed by atoms with Gasteiger partial charge in [-0.2, -0.15) is 0 Å². The normalized spacial score (nSPS) is 15.5. The fourth-order valence-electron chi connectivity index (χ4n) is 2.79. The fourth-order valence-corrected chi connectivity index (χ4v) is 2.79. The molecule has 1 aliphatic rings. The highest BCUT2D eigenvalue weighted by molar-refractivity contribution is 5.48. The zero-order valence-electron chi connectivity index (χ0n) is 12.2. The van der Waals surface area contributed by atoms with Crippen LogP contribution in [0.15, 0.2) is 30.6 Å². The highest BCUT2D eigenvalue weighted by atomic mass is 15.0. The molecule has 0 aliphatic heterocycles. The molecule has 1 aromatic carbocycles. The Morgan fingerprint density at radius 1 is 1.05 bits per heavy atom. The molecule has 3 rings (SSSR count). The molecule has 3 heteroatoms. The maximum absolute atomic E-state index is 4.45. The lowest BCUT2D eigenvalue weighted by Gasteiger charge is -2.21. The predicted molar refractivity (Wildman–Crippen MR) is 81.9 cm³/mol. The minimum atomic E-state index is 0.261. The van der Waals surface area contributed by atoms with Crippen molar-refractivity contribution in [1.82, 2.24) is 9.97 Å². The Balaban J connectivity index is 1.82. The van der Waals surface area contributed by atoms with Crippen LogP contribution in [-0.4, -0.2) is 9.97 Å². The van der Waals surface area contributed by atoms with E-state index >= 15 is 0 Å². The second-order valence-corrected chi connectivity index (χ2v) is 5.63. The Bertz CT molecular complexity index is 590. The number of anilines is 1. The van der Waals surface area contributed by atoms with E-state index < -0.39 is 0 Å². The number of hydrogen-bond acceptors (Lipinski definition) is 3. The molecule has 1 heterocycles. The van der Waals surface area contributed by atoms with Gasteiger partial charge in [-0.05, 0) is 45.1 Å². The molecule has 104 valence electrons. The van der Waals surface area contributed by atoms with Crippen LogP contribution < -0.4 is 5.32 Å². The van der Waals surface area contributed by atoms with Crippen molar-refractivity contribution in [1.29, 1.82) is 0 Å². The molecule has 0 saturated carbocycles. The SMILES string of the molecule is Cc1ccc(C(C)Nc2ncnc3c2CCCC3)cc1. The number of aromatic nitrogens is 2. The molecule has 1 aliphatic carbocycles. The van der Waals surface area contributed by atoms with Gasteiger partial charge in [0.15, 0.2) is 0 Å². The largest absolute Gasteiger partial charge is 0.363 e. The zero-order chi connectivity index (χ0) is 13.9. The minimum Gasteiger partial charge on any atom is -0.363 e. The Morgan fingerprint density at radius 2 is 1.80 bits per heavy atom. The maximum Gasteiger partial charge on any atom is 0.133 e. The smallest absolute Gasteiger partial charge is 0.133 e. The van der Waals surface area contributed by atoms with Crippen LogP contribution in [0.5, 0.6) is 0 Å². The number of rotatable bonds is 3. The summed E-state index contributed by atoms with van der Waals surface area (Å²) < 4.78 is 0. The predicted octanol–water partition coefficient (Wildman–Crippen LogP) is 3.84. The molecule has 1 aromatic heterocycles. The van der Waals surface area contributed by atoms with Crippen molar-refractivity contribution in [3.63, 3.8) is 0 Å². The number of hydrogen-bond donors (Lipinski definition) is 1. The standard InChI is InChI=1S/C17H21N3/c1-12-7-9-14(10-8-12)13(2)20-17-15-5-3-4-6-16(15)18-11-19-17/h7-11,13H,3-6H2,1-2H3,(H,18,19,20). The fraction of sp³-hybridized carbons (Fsp3) is 0.412. The van der Waals surface area contributed by atoms with Gasteiger partial charge in [-0.25, -0.2) is 9.97 Å². The Labute approximate surface area is 120 Å². The molecular formula is C17H21N3. The van der Waals surface area contributed by atoms with Crippen molar-refractivity contribution in [3.8, 4) is 0 Å². The number of nitrogens with zero attached hydrogens (tertiary/aromatic N) is 2. The molecule has 0 radical (unpaired) electrons. The van der Waals surface area contributed by atoms with Crippen molar-refractivity contribution in [2.75, 3.05) is 5.32 Å². The van der Waals surface area contributed by atoms with Gasteiger partial charge in [-0.15, -0.1) is 0 Å². The number of nitrogens with one attached hydrogen (secondary N) is 1. The monoisotopic (exact) mass is 267 g/mol. The van der Waals surface area contributed by atoms with Gasteiger partial charge in [0.05, 0.1) is 0 Å². The van der Waals surface area contributed by atoms with Crippen molar-refractivity contribution in [2.24, 2.45) is 0 Å². The van der Waals surface area contributed by atoms with Crippen LogP contribution in [0.3, 0.4) is 0 Å². The number of benzene rings is 1. The lowest BCUT2D eigenvalue weighted by Crippen LogP contribution is -2.14. The summed E-state index contributed by atoms with van der Waals surface area (Å²) in [6.45, 7) is 4.30. The van der Waals surface area contributed by atoms with Crippen molar-refractivity contribution in [3.05, 3.63) is 53.0 Å². The molecular weight excluding hydrogens is 246 g/mol. The van der Waals surface area contributed by atoms with Crippen molar-refractivity contribution >= 4 is 5.82 Å². The molecule has 1 unspecified atom stereocenters. The summed E-state index contributed by atoms with van der Waals surface area (Å²) in [6.07, 6.45) is 6.36. The van der Waals surface area contributed by atoms with E-state index in [0.29, 0.717) is 0 Å². The summed E-state index contributed by atoms with van der Waals surface area (Å²) in [6, 6.07) is 8.93. The van der Waals surface area contributed by atoms with E-state index in [1.54, 1.807) is 6.33 Å². The van der Waals surface area contributed by atoms with Gasteiger partial charge in [-0.1, -0.05) is 29.8 Å². The molecule has 0 saturated heterocycles. The second-order valence-electron chi connectivity index (χ2n) is 5.63. The van der Waals surface area contributed by atoms with Crippen LogP contribution in [0, 0.1) is 6.92 Å². The third-order valence-corrected chi connectivity index (χ3v) is 4.06. The van der Waals surface area contributed by atoms with Gasteiger partial charge in [0, 0.05) is 17.3 Å². The maximum atomic E-state index is 4.45. The van der Waals surface area contributed by atoms with Gasteiger partial charge in [-0.3, -0.25) is 0 Å². The van der Waals surface area contributed by atoms with Gasteiger partial charge < -0.3 is 5.32 Å². The number of fused-ring (bicyclic) bond motifs is 1. The van der Waals surface area contributed by atoms with Crippen LogP contribution in [-0.2, 0) is 12.8 Å². The third-order valence-electron chi connectivity index (χ3n) is 4.06. The van der Waals surface area contributed by atoms with Crippen LogP contribution in [0.1, 0.15) is 48.2 Å². The number of aryl methyl sites for hydroxylation is 2. The Morgan fingerprint density at radius 3 is 2.60 bits per heavy atom. The van der Waals surface area contributed by atoms with E-state index in [2.05, 4.69) is 53.4 Å². The van der Waals surface area contributed by atoms with Crippen LogP contribution >= 0.6 is 0 Å². The van der Waals surface area contributed by atoms with Gasteiger partial charge >= 0.3 is 0 Å². The molecule has 1 atom stereocenters. The summed E-state index contributed by atoms with van der Waals surface area (Å²) >= 11 is 0. The zero-order valence-corrected chi connectivity index (χ0v) is 12.2. The third kappa shape index (κ3) is 2.67. The lowest BCUT2D eigenvalue weighted by atomic mass is 9.96. The quantitative estimate of drug-likeness (QED) is 0.918. The summed E-state index contributed by atoms with van der Waals surface area (Å²) in [7, 11) is 0. The molecule has 0 bridgehead atoms. The van der Waals surface area contributed by atoms with E-state index in [-0.39, 0.29) is 6.04 Å². The topological polar surface area (TPSA) is 37.8 Å². The van der Waals surface area contributed by atoms with E-state index in [0.717, 1.165) is 18.7 Å². The molecule has 20 heavy (non-hydrogen) atoms. The summed E-state index contributed by atoms with van der Waals surface area (Å²) in [5.41, 5.74) is 5.13. The van der Waals surface area contributed by atoms with Crippen LogP contribution in [0.2, 0.25) is 0 Å². The molecule has 0 amide bonds. The molecule has 1 N–H and O–H groups in total. The first-order chi connectivity index (χ1) is 9.74. The first kappa shape index (κ1) is 13.1. The molecule has 2 aromatic rings. The lowest BCUT2D eigenvalue weighted by molar-refractivity contribution is 0.661. The van der Waals surface area contributed by atoms with Crippen molar-refractivity contribution < 1.29 is 0 Å². The minimum absolute atomic E-state index is 0.261. The van der Waals surface area contributed by atoms with E-state index in [1.807, 2.05) is 0 Å². The van der Waals surface area contributed by atoms with Crippen LogP contribution in [0.4, 0.5) is 5.82 Å². The summed E-state index contributed by atoms with van der Waals surface area (Å²) in [5, 5.41) is 3.55. The van der Waals surface area contributed by atoms with E-state index in [4.69, 9.17) is 0 Å². The molecule has 0 spiro atoms. The van der Waals surface area contributed by atoms with Gasteiger partial charge in [0.2, 0.25) is 0 Å². The van der Waals surface area contributed by atoms with Gasteiger partial charge in [0.1, 0.15) is 12.1 Å². The van der Waals surface area contributed by atoms with Gasteiger partial charge in [0.25, 0.3) is 0 Å². The van der Waals surface area contributed by atoms with Crippen LogP contribution in [0.25, 0.3) is 0 Å². The average Bonchev–Trinajstić information content (AvgIpc) is 2.48. The Hall–Kier alpha value is -1.90. The first-order valence-electron chi connectivity index (χ1n) is 7.40. The highest BCUT2D eigenvalue weighted by Crippen LogP contribution is 2.27. The average molecular weight is 267 g/mol. The summed E-state index contributed by atoms with van der Waals surface area (Å²) in [4.78, 5) is 8.87. The van der Waals surface area contributed by atoms with Crippen molar-refractivity contribution in [2.45, 2.75) is 45.6 Å². The summed E-state index contributed by atoms with van der Waals surface area (Å²) in [5.74, 6) is 1.02. The Kier molecular flexibility index (Phi) is 3.68.